The Bertz CT molecular complexity index is 752. The van der Waals surface area contributed by atoms with Crippen molar-refractivity contribution in [3.05, 3.63) is 65.5 Å². The number of ether oxygens (including phenoxy) is 2. The van der Waals surface area contributed by atoms with Crippen molar-refractivity contribution in [3.63, 3.8) is 0 Å². The van der Waals surface area contributed by atoms with E-state index in [4.69, 9.17) is 9.47 Å². The number of rotatable bonds is 9. The van der Waals surface area contributed by atoms with Gasteiger partial charge >= 0.3 is 0 Å². The van der Waals surface area contributed by atoms with Crippen LogP contribution in [-0.4, -0.2) is 38.7 Å². The van der Waals surface area contributed by atoms with Crippen LogP contribution in [0.4, 0.5) is 4.39 Å². The SMILES string of the molecule is COCCOc1cccc(CNC(=O)CNC(=O)c2cccc(F)c2)c1. The first-order valence-electron chi connectivity index (χ1n) is 8.09. The molecule has 26 heavy (non-hydrogen) atoms. The number of nitrogens with one attached hydrogen (secondary N) is 2. The summed E-state index contributed by atoms with van der Waals surface area (Å²) in [6.07, 6.45) is 0. The van der Waals surface area contributed by atoms with Crippen LogP contribution in [-0.2, 0) is 16.1 Å². The summed E-state index contributed by atoms with van der Waals surface area (Å²) in [6.45, 7) is 1.04. The van der Waals surface area contributed by atoms with Gasteiger partial charge in [-0.15, -0.1) is 0 Å². The van der Waals surface area contributed by atoms with E-state index in [1.54, 1.807) is 7.11 Å². The highest BCUT2D eigenvalue weighted by Gasteiger charge is 2.08. The molecule has 0 atom stereocenters. The highest BCUT2D eigenvalue weighted by Crippen LogP contribution is 2.13. The van der Waals surface area contributed by atoms with Crippen LogP contribution in [0.15, 0.2) is 48.5 Å². The Morgan fingerprint density at radius 3 is 2.62 bits per heavy atom. The minimum Gasteiger partial charge on any atom is -0.491 e. The molecule has 0 unspecified atom stereocenters. The summed E-state index contributed by atoms with van der Waals surface area (Å²) in [5.74, 6) is -0.670. The van der Waals surface area contributed by atoms with E-state index in [1.165, 1.54) is 18.2 Å². The third-order valence-corrected chi connectivity index (χ3v) is 3.44. The van der Waals surface area contributed by atoms with Gasteiger partial charge in [-0.05, 0) is 35.9 Å². The molecule has 0 aliphatic carbocycles. The van der Waals surface area contributed by atoms with Crippen LogP contribution in [0.5, 0.6) is 5.75 Å². The zero-order chi connectivity index (χ0) is 18.8. The molecule has 0 radical (unpaired) electrons. The second-order valence-corrected chi connectivity index (χ2v) is 5.46. The number of carbonyl (C=O) groups excluding carboxylic acids is 2. The fourth-order valence-corrected chi connectivity index (χ4v) is 2.14. The molecule has 0 saturated carbocycles. The Hall–Kier alpha value is -2.93. The molecular weight excluding hydrogens is 339 g/mol. The number of amides is 2. The molecule has 0 aromatic heterocycles. The quantitative estimate of drug-likeness (QED) is 0.670. The van der Waals surface area contributed by atoms with Crippen molar-refractivity contribution in [1.29, 1.82) is 0 Å². The smallest absolute Gasteiger partial charge is 0.251 e. The standard InChI is InChI=1S/C19H21FN2O4/c1-25-8-9-26-17-7-2-4-14(10-17)12-21-18(23)13-22-19(24)15-5-3-6-16(20)11-15/h2-7,10-11H,8-9,12-13H2,1H3,(H,21,23)(H,22,24). The number of benzene rings is 2. The average molecular weight is 360 g/mol. The molecule has 0 fully saturated rings. The van der Waals surface area contributed by atoms with E-state index in [-0.39, 0.29) is 18.0 Å². The molecule has 2 aromatic rings. The van der Waals surface area contributed by atoms with Crippen LogP contribution in [0.25, 0.3) is 0 Å². The van der Waals surface area contributed by atoms with Gasteiger partial charge in [-0.2, -0.15) is 0 Å². The van der Waals surface area contributed by atoms with Crippen molar-refractivity contribution in [2.45, 2.75) is 6.54 Å². The van der Waals surface area contributed by atoms with Gasteiger partial charge in [-0.25, -0.2) is 4.39 Å². The zero-order valence-corrected chi connectivity index (χ0v) is 14.5. The van der Waals surface area contributed by atoms with Crippen LogP contribution in [0.1, 0.15) is 15.9 Å². The lowest BCUT2D eigenvalue weighted by Crippen LogP contribution is -2.36. The molecule has 0 heterocycles. The van der Waals surface area contributed by atoms with Gasteiger partial charge in [0.05, 0.1) is 13.2 Å². The maximum atomic E-state index is 13.1. The molecule has 2 rings (SSSR count). The second-order valence-electron chi connectivity index (χ2n) is 5.46. The van der Waals surface area contributed by atoms with Gasteiger partial charge in [-0.1, -0.05) is 18.2 Å². The lowest BCUT2D eigenvalue weighted by molar-refractivity contribution is -0.120. The van der Waals surface area contributed by atoms with Crippen LogP contribution in [0.3, 0.4) is 0 Å². The summed E-state index contributed by atoms with van der Waals surface area (Å²) in [7, 11) is 1.60. The van der Waals surface area contributed by atoms with Gasteiger partial charge in [0.25, 0.3) is 5.91 Å². The summed E-state index contributed by atoms with van der Waals surface area (Å²) in [4.78, 5) is 23.7. The van der Waals surface area contributed by atoms with E-state index in [1.807, 2.05) is 24.3 Å². The van der Waals surface area contributed by atoms with E-state index >= 15 is 0 Å². The number of methoxy groups -OCH3 is 1. The molecule has 2 N–H and O–H groups in total. The topological polar surface area (TPSA) is 76.7 Å². The van der Waals surface area contributed by atoms with Crippen LogP contribution >= 0.6 is 0 Å². The minimum atomic E-state index is -0.506. The Balaban J connectivity index is 1.76. The number of hydrogen-bond donors (Lipinski definition) is 2. The van der Waals surface area contributed by atoms with Crippen LogP contribution in [0.2, 0.25) is 0 Å². The first-order chi connectivity index (χ1) is 12.6. The molecule has 2 aromatic carbocycles. The first-order valence-corrected chi connectivity index (χ1v) is 8.09. The normalized spacial score (nSPS) is 10.2. The summed E-state index contributed by atoms with van der Waals surface area (Å²) in [5, 5.41) is 5.16. The summed E-state index contributed by atoms with van der Waals surface area (Å²) < 4.78 is 23.5. The Morgan fingerprint density at radius 1 is 1.04 bits per heavy atom. The molecule has 0 bridgehead atoms. The fourth-order valence-electron chi connectivity index (χ4n) is 2.14. The predicted molar refractivity (Wildman–Crippen MR) is 94.4 cm³/mol. The largest absolute Gasteiger partial charge is 0.491 e. The molecule has 7 heteroatoms. The minimum absolute atomic E-state index is 0.165. The predicted octanol–water partition coefficient (Wildman–Crippen LogP) is 1.90. The molecule has 2 amide bonds. The van der Waals surface area contributed by atoms with E-state index in [9.17, 15) is 14.0 Å². The second kappa shape index (κ2) is 10.1. The lowest BCUT2D eigenvalue weighted by Gasteiger charge is -2.09. The average Bonchev–Trinajstić information content (AvgIpc) is 2.65. The fraction of sp³-hybridized carbons (Fsp3) is 0.263. The highest BCUT2D eigenvalue weighted by molar-refractivity contribution is 5.96. The third kappa shape index (κ3) is 6.52. The van der Waals surface area contributed by atoms with Crippen molar-refractivity contribution >= 4 is 11.8 Å². The van der Waals surface area contributed by atoms with Crippen LogP contribution in [0, 0.1) is 5.82 Å². The van der Waals surface area contributed by atoms with E-state index in [2.05, 4.69) is 10.6 Å². The Labute approximate surface area is 151 Å². The number of halogens is 1. The van der Waals surface area contributed by atoms with Gasteiger partial charge in [0.2, 0.25) is 5.91 Å². The number of carbonyl (C=O) groups is 2. The Morgan fingerprint density at radius 2 is 1.85 bits per heavy atom. The van der Waals surface area contributed by atoms with E-state index in [0.29, 0.717) is 25.5 Å². The lowest BCUT2D eigenvalue weighted by atomic mass is 10.2. The maximum absolute atomic E-state index is 13.1. The van der Waals surface area contributed by atoms with Gasteiger partial charge < -0.3 is 20.1 Å². The van der Waals surface area contributed by atoms with E-state index < -0.39 is 11.7 Å². The molecule has 6 nitrogen and oxygen atoms in total. The summed E-state index contributed by atoms with van der Waals surface area (Å²) in [6, 6.07) is 12.6. The van der Waals surface area contributed by atoms with E-state index in [0.717, 1.165) is 11.6 Å². The molecule has 0 saturated heterocycles. The molecule has 0 aliphatic rings. The van der Waals surface area contributed by atoms with Crippen molar-refractivity contribution in [3.8, 4) is 5.75 Å². The Kier molecular flexibility index (Phi) is 7.57. The van der Waals surface area contributed by atoms with Crippen molar-refractivity contribution in [2.75, 3.05) is 26.9 Å². The first kappa shape index (κ1) is 19.4. The zero-order valence-electron chi connectivity index (χ0n) is 14.5. The molecule has 0 spiro atoms. The highest BCUT2D eigenvalue weighted by atomic mass is 19.1. The number of hydrogen-bond acceptors (Lipinski definition) is 4. The van der Waals surface area contributed by atoms with Crippen LogP contribution < -0.4 is 15.4 Å². The van der Waals surface area contributed by atoms with Crippen molar-refractivity contribution in [2.24, 2.45) is 0 Å². The van der Waals surface area contributed by atoms with Gasteiger partial charge in [0.1, 0.15) is 18.2 Å². The summed E-state index contributed by atoms with van der Waals surface area (Å²) in [5.41, 5.74) is 1.03. The van der Waals surface area contributed by atoms with Gasteiger partial charge in [0.15, 0.2) is 0 Å². The van der Waals surface area contributed by atoms with Gasteiger partial charge in [-0.3, -0.25) is 9.59 Å². The molecule has 138 valence electrons. The van der Waals surface area contributed by atoms with Crippen molar-refractivity contribution in [1.82, 2.24) is 10.6 Å². The molecule has 0 aliphatic heterocycles. The summed E-state index contributed by atoms with van der Waals surface area (Å²) >= 11 is 0. The van der Waals surface area contributed by atoms with Crippen molar-refractivity contribution < 1.29 is 23.5 Å². The molecular formula is C19H21FN2O4. The van der Waals surface area contributed by atoms with Gasteiger partial charge in [0, 0.05) is 19.2 Å². The monoisotopic (exact) mass is 360 g/mol. The third-order valence-electron chi connectivity index (χ3n) is 3.44. The maximum Gasteiger partial charge on any atom is 0.251 e.